The molecule has 0 fully saturated rings. The maximum Gasteiger partial charge on any atom is 0.160 e. The van der Waals surface area contributed by atoms with E-state index in [1.807, 2.05) is 91.0 Å². The van der Waals surface area contributed by atoms with Gasteiger partial charge in [0.25, 0.3) is 0 Å². The summed E-state index contributed by atoms with van der Waals surface area (Å²) >= 11 is 0. The molecule has 0 atom stereocenters. The lowest BCUT2D eigenvalue weighted by Crippen LogP contribution is -2.02. The lowest BCUT2D eigenvalue weighted by atomic mass is 9.98. The zero-order valence-electron chi connectivity index (χ0n) is 28.8. The molecule has 0 saturated carbocycles. The van der Waals surface area contributed by atoms with Crippen molar-refractivity contribution in [1.82, 2.24) is 19.1 Å². The molecule has 0 radical (unpaired) electrons. The number of nitriles is 2. The Morgan fingerprint density at radius 3 is 1.72 bits per heavy atom. The fraction of sp³-hybridized carbons (Fsp3) is 0. The van der Waals surface area contributed by atoms with Crippen LogP contribution < -0.4 is 0 Å². The third-order valence-electron chi connectivity index (χ3n) is 10.2. The van der Waals surface area contributed by atoms with Crippen molar-refractivity contribution in [3.63, 3.8) is 0 Å². The van der Waals surface area contributed by atoms with E-state index in [2.05, 4.69) is 100 Å². The molecule has 6 nitrogen and oxygen atoms in total. The van der Waals surface area contributed by atoms with Crippen molar-refractivity contribution in [3.8, 4) is 57.4 Å². The Hall–Kier alpha value is -7.80. The Kier molecular flexibility index (Phi) is 7.15. The first kappa shape index (κ1) is 31.0. The van der Waals surface area contributed by atoms with Crippen LogP contribution in [-0.2, 0) is 0 Å². The van der Waals surface area contributed by atoms with Crippen molar-refractivity contribution in [2.75, 3.05) is 0 Å². The van der Waals surface area contributed by atoms with E-state index in [0.29, 0.717) is 33.9 Å². The molecule has 6 heteroatoms. The molecule has 250 valence electrons. The molecule has 0 bridgehead atoms. The summed E-state index contributed by atoms with van der Waals surface area (Å²) in [5, 5.41) is 26.0. The van der Waals surface area contributed by atoms with E-state index in [1.165, 1.54) is 5.39 Å². The fourth-order valence-electron chi connectivity index (χ4n) is 7.88. The predicted molar refractivity (Wildman–Crippen MR) is 216 cm³/mol. The van der Waals surface area contributed by atoms with Crippen LogP contribution in [0.2, 0.25) is 0 Å². The summed E-state index contributed by atoms with van der Waals surface area (Å²) < 4.78 is 4.54. The normalized spacial score (nSPS) is 11.3. The fourth-order valence-corrected chi connectivity index (χ4v) is 7.88. The van der Waals surface area contributed by atoms with Crippen molar-refractivity contribution < 1.29 is 0 Å². The average molecular weight is 689 g/mol. The summed E-state index contributed by atoms with van der Waals surface area (Å²) in [6, 6.07) is 61.9. The minimum Gasteiger partial charge on any atom is -0.309 e. The van der Waals surface area contributed by atoms with Gasteiger partial charge in [-0.1, -0.05) is 127 Å². The zero-order chi connectivity index (χ0) is 36.2. The summed E-state index contributed by atoms with van der Waals surface area (Å²) in [6.07, 6.45) is 0. The molecule has 3 heterocycles. The van der Waals surface area contributed by atoms with Crippen LogP contribution in [0.4, 0.5) is 0 Å². The van der Waals surface area contributed by atoms with Gasteiger partial charge in [-0.05, 0) is 42.5 Å². The second-order valence-electron chi connectivity index (χ2n) is 13.2. The number of hydrogen-bond donors (Lipinski definition) is 0. The van der Waals surface area contributed by atoms with Crippen LogP contribution in [0.3, 0.4) is 0 Å². The minimum atomic E-state index is 0.352. The molecule has 10 rings (SSSR count). The molecule has 0 N–H and O–H groups in total. The maximum atomic E-state index is 10.8. The zero-order valence-corrected chi connectivity index (χ0v) is 28.8. The molecule has 0 spiro atoms. The van der Waals surface area contributed by atoms with Crippen LogP contribution in [0.25, 0.3) is 88.9 Å². The van der Waals surface area contributed by atoms with E-state index >= 15 is 0 Å². The van der Waals surface area contributed by atoms with Gasteiger partial charge in [-0.3, -0.25) is 0 Å². The maximum absolute atomic E-state index is 10.8. The van der Waals surface area contributed by atoms with Gasteiger partial charge in [-0.15, -0.1) is 0 Å². The van der Waals surface area contributed by atoms with Crippen molar-refractivity contribution in [1.29, 1.82) is 10.5 Å². The molecular weight excluding hydrogens is 661 g/mol. The molecule has 0 aliphatic heterocycles. The van der Waals surface area contributed by atoms with Gasteiger partial charge in [-0.25, -0.2) is 9.97 Å². The van der Waals surface area contributed by atoms with E-state index in [0.717, 1.165) is 60.7 Å². The highest BCUT2D eigenvalue weighted by molar-refractivity contribution is 6.26. The first-order valence-electron chi connectivity index (χ1n) is 17.7. The Bertz CT molecular complexity index is 3160. The molecule has 54 heavy (non-hydrogen) atoms. The average Bonchev–Trinajstić information content (AvgIpc) is 3.77. The second kappa shape index (κ2) is 12.5. The Morgan fingerprint density at radius 1 is 0.444 bits per heavy atom. The van der Waals surface area contributed by atoms with Gasteiger partial charge in [0.15, 0.2) is 5.82 Å². The van der Waals surface area contributed by atoms with E-state index in [4.69, 9.17) is 9.97 Å². The molecule has 3 aromatic heterocycles. The van der Waals surface area contributed by atoms with Gasteiger partial charge in [0.05, 0.1) is 44.7 Å². The Balaban J connectivity index is 1.24. The predicted octanol–water partition coefficient (Wildman–Crippen LogP) is 11.4. The first-order valence-corrected chi connectivity index (χ1v) is 17.7. The standard InChI is InChI=1S/C48H28N6/c49-29-34-28-33(46-39(30-50)45(31-14-4-1-5-15-31)51-48(52-46)32-16-6-2-7-17-32)24-26-40(34)54-42-23-13-11-21-38(42)44-43(54)27-25-37-36-20-10-12-22-41(36)53(47(37)44)35-18-8-3-9-19-35/h1-28H. The van der Waals surface area contributed by atoms with E-state index in [1.54, 1.807) is 0 Å². The molecule has 0 aliphatic carbocycles. The Labute approximate surface area is 310 Å². The van der Waals surface area contributed by atoms with E-state index in [9.17, 15) is 10.5 Å². The minimum absolute atomic E-state index is 0.352. The number of para-hydroxylation sites is 3. The SMILES string of the molecule is N#Cc1cc(-c2nc(-c3ccccc3)nc(-c3ccccc3)c2C#N)ccc1-n1c2ccccc2c2c1ccc1c3ccccc3n(-c3ccccc3)c12. The molecule has 10 aromatic rings. The monoisotopic (exact) mass is 688 g/mol. The van der Waals surface area contributed by atoms with Crippen LogP contribution in [0, 0.1) is 22.7 Å². The number of aromatic nitrogens is 4. The third-order valence-corrected chi connectivity index (χ3v) is 10.2. The van der Waals surface area contributed by atoms with Gasteiger partial charge in [0.1, 0.15) is 17.7 Å². The number of hydrogen-bond acceptors (Lipinski definition) is 4. The quantitative estimate of drug-likeness (QED) is 0.180. The number of rotatable bonds is 5. The molecule has 7 aromatic carbocycles. The smallest absolute Gasteiger partial charge is 0.160 e. The molecule has 0 unspecified atom stereocenters. The Morgan fingerprint density at radius 2 is 1.04 bits per heavy atom. The number of benzene rings is 7. The summed E-state index contributed by atoms with van der Waals surface area (Å²) in [4.78, 5) is 9.88. The largest absolute Gasteiger partial charge is 0.309 e. The highest BCUT2D eigenvalue weighted by atomic mass is 15.0. The van der Waals surface area contributed by atoms with Gasteiger partial charge in [0, 0.05) is 43.9 Å². The highest BCUT2D eigenvalue weighted by Gasteiger charge is 2.23. The van der Waals surface area contributed by atoms with E-state index < -0.39 is 0 Å². The first-order chi connectivity index (χ1) is 26.7. The van der Waals surface area contributed by atoms with Gasteiger partial charge < -0.3 is 9.13 Å². The van der Waals surface area contributed by atoms with Crippen LogP contribution in [0.1, 0.15) is 11.1 Å². The summed E-state index contributed by atoms with van der Waals surface area (Å²) in [5.74, 6) is 0.506. The van der Waals surface area contributed by atoms with Crippen molar-refractivity contribution in [2.24, 2.45) is 0 Å². The summed E-state index contributed by atoms with van der Waals surface area (Å²) in [6.45, 7) is 0. The molecule has 0 amide bonds. The lowest BCUT2D eigenvalue weighted by Gasteiger charge is -2.14. The summed E-state index contributed by atoms with van der Waals surface area (Å²) in [5.41, 5.74) is 10.2. The second-order valence-corrected chi connectivity index (χ2v) is 13.2. The molecule has 0 aliphatic rings. The van der Waals surface area contributed by atoms with Crippen molar-refractivity contribution in [3.05, 3.63) is 181 Å². The van der Waals surface area contributed by atoms with Crippen LogP contribution in [0.15, 0.2) is 170 Å². The molecule has 0 saturated heterocycles. The lowest BCUT2D eigenvalue weighted by molar-refractivity contribution is 1.15. The van der Waals surface area contributed by atoms with Gasteiger partial charge in [0.2, 0.25) is 0 Å². The highest BCUT2D eigenvalue weighted by Crippen LogP contribution is 2.43. The van der Waals surface area contributed by atoms with Crippen LogP contribution >= 0.6 is 0 Å². The third kappa shape index (κ3) is 4.72. The summed E-state index contributed by atoms with van der Waals surface area (Å²) in [7, 11) is 0. The number of nitrogens with zero attached hydrogens (tertiary/aromatic N) is 6. The van der Waals surface area contributed by atoms with Gasteiger partial charge in [-0.2, -0.15) is 10.5 Å². The van der Waals surface area contributed by atoms with E-state index in [-0.39, 0.29) is 0 Å². The van der Waals surface area contributed by atoms with Crippen LogP contribution in [-0.4, -0.2) is 19.1 Å². The van der Waals surface area contributed by atoms with Crippen molar-refractivity contribution >= 4 is 43.6 Å². The topological polar surface area (TPSA) is 83.2 Å². The number of fused-ring (bicyclic) bond motifs is 7. The van der Waals surface area contributed by atoms with Crippen LogP contribution in [0.5, 0.6) is 0 Å². The van der Waals surface area contributed by atoms with Crippen molar-refractivity contribution in [2.45, 2.75) is 0 Å². The van der Waals surface area contributed by atoms with Gasteiger partial charge >= 0.3 is 0 Å². The molecular formula is C48H28N6.